The molecule has 1 aliphatic carbocycles. The van der Waals surface area contributed by atoms with Gasteiger partial charge in [0.25, 0.3) is 0 Å². The maximum absolute atomic E-state index is 12.3. The number of hydrogen-bond acceptors (Lipinski definition) is 3. The average molecular weight is 271 g/mol. The molecule has 20 heavy (non-hydrogen) atoms. The van der Waals surface area contributed by atoms with Gasteiger partial charge < -0.3 is 9.53 Å². The number of piperidine rings is 1. The van der Waals surface area contributed by atoms with Crippen molar-refractivity contribution in [3.63, 3.8) is 0 Å². The van der Waals surface area contributed by atoms with Crippen molar-refractivity contribution in [1.82, 2.24) is 4.90 Å². The van der Waals surface area contributed by atoms with Gasteiger partial charge in [0.05, 0.1) is 6.04 Å². The van der Waals surface area contributed by atoms with Crippen molar-refractivity contribution in [2.75, 3.05) is 6.54 Å². The summed E-state index contributed by atoms with van der Waals surface area (Å²) in [6, 6.07) is 8.79. The van der Waals surface area contributed by atoms with E-state index in [-0.39, 0.29) is 18.1 Å². The Morgan fingerprint density at radius 3 is 2.75 bits per heavy atom. The molecule has 2 aliphatic heterocycles. The summed E-state index contributed by atoms with van der Waals surface area (Å²) in [6.45, 7) is 2.53. The van der Waals surface area contributed by atoms with E-state index in [4.69, 9.17) is 4.74 Å². The summed E-state index contributed by atoms with van der Waals surface area (Å²) in [7, 11) is 0. The first-order valence-electron chi connectivity index (χ1n) is 6.80. The van der Waals surface area contributed by atoms with Crippen LogP contribution >= 0.6 is 0 Å². The molecule has 104 valence electrons. The predicted octanol–water partition coefficient (Wildman–Crippen LogP) is 2.65. The lowest BCUT2D eigenvalue weighted by Crippen LogP contribution is -2.58. The van der Waals surface area contributed by atoms with Gasteiger partial charge in [-0.15, -0.1) is 0 Å². The van der Waals surface area contributed by atoms with Crippen LogP contribution in [0.3, 0.4) is 0 Å². The van der Waals surface area contributed by atoms with E-state index < -0.39 is 5.41 Å². The number of nitrogens with zero attached hydrogens (tertiary/aromatic N) is 1. The van der Waals surface area contributed by atoms with E-state index in [1.165, 1.54) is 0 Å². The number of fused-ring (bicyclic) bond motifs is 2. The van der Waals surface area contributed by atoms with E-state index in [0.29, 0.717) is 12.3 Å². The highest BCUT2D eigenvalue weighted by molar-refractivity contribution is 5.74. The molecule has 2 unspecified atom stereocenters. The molecule has 2 heterocycles. The summed E-state index contributed by atoms with van der Waals surface area (Å²) >= 11 is 0. The van der Waals surface area contributed by atoms with Crippen LogP contribution in [0.5, 0.6) is 5.75 Å². The van der Waals surface area contributed by atoms with Gasteiger partial charge in [-0.3, -0.25) is 4.90 Å². The molecule has 0 N–H and O–H groups in total. The van der Waals surface area contributed by atoms with Crippen LogP contribution in [0.4, 0.5) is 4.79 Å². The Hall–Kier alpha value is -2.10. The molecule has 0 radical (unpaired) electrons. The molecule has 1 saturated heterocycles. The summed E-state index contributed by atoms with van der Waals surface area (Å²) < 4.78 is 5.38. The van der Waals surface area contributed by atoms with Gasteiger partial charge in [0.1, 0.15) is 12.0 Å². The Labute approximate surface area is 118 Å². The molecule has 1 fully saturated rings. The van der Waals surface area contributed by atoms with Crippen LogP contribution < -0.4 is 4.74 Å². The van der Waals surface area contributed by atoms with Gasteiger partial charge in [-0.25, -0.2) is 4.79 Å². The highest BCUT2D eigenvalue weighted by atomic mass is 16.6. The van der Waals surface area contributed by atoms with E-state index >= 15 is 0 Å². The van der Waals surface area contributed by atoms with Gasteiger partial charge in [0, 0.05) is 12.0 Å². The molecular formula is C16H17NO3. The van der Waals surface area contributed by atoms with Crippen LogP contribution in [0.25, 0.3) is 0 Å². The molecule has 0 spiro atoms. The van der Waals surface area contributed by atoms with Crippen molar-refractivity contribution in [3.05, 3.63) is 42.5 Å². The molecule has 1 aromatic carbocycles. The van der Waals surface area contributed by atoms with Crippen LogP contribution in [-0.2, 0) is 4.79 Å². The van der Waals surface area contributed by atoms with Crippen LogP contribution in [0.15, 0.2) is 42.5 Å². The van der Waals surface area contributed by atoms with Crippen molar-refractivity contribution in [1.29, 1.82) is 0 Å². The number of benzene rings is 1. The summed E-state index contributed by atoms with van der Waals surface area (Å²) in [4.78, 5) is 25.4. The molecular weight excluding hydrogens is 254 g/mol. The minimum Gasteiger partial charge on any atom is -0.410 e. The Bertz CT molecular complexity index is 554. The molecule has 2 bridgehead atoms. The van der Waals surface area contributed by atoms with Crippen LogP contribution in [0, 0.1) is 11.3 Å². The van der Waals surface area contributed by atoms with Gasteiger partial charge in [0.15, 0.2) is 0 Å². The third kappa shape index (κ3) is 2.11. The van der Waals surface area contributed by atoms with Crippen LogP contribution in [-0.4, -0.2) is 29.9 Å². The molecule has 4 heteroatoms. The highest BCUT2D eigenvalue weighted by Gasteiger charge is 2.48. The van der Waals surface area contributed by atoms with E-state index in [9.17, 15) is 9.59 Å². The van der Waals surface area contributed by atoms with Crippen LogP contribution in [0.1, 0.15) is 13.3 Å². The standard InChI is InChI=1S/C16H17NO3/c1-16(11-18)9-12-7-8-14(16)17(10-12)15(19)20-13-5-3-2-4-6-13/h2-8,11-12,14H,9-10H2,1H3/t12?,14?,16-/m0/s1. The zero-order valence-corrected chi connectivity index (χ0v) is 11.4. The third-order valence-electron chi connectivity index (χ3n) is 4.16. The zero-order chi connectivity index (χ0) is 14.2. The molecule has 0 saturated carbocycles. The van der Waals surface area contributed by atoms with Gasteiger partial charge in [-0.1, -0.05) is 37.3 Å². The molecule has 1 amide bonds. The number of hydrogen-bond donors (Lipinski definition) is 0. The predicted molar refractivity (Wildman–Crippen MR) is 74.4 cm³/mol. The van der Waals surface area contributed by atoms with Gasteiger partial charge in [0.2, 0.25) is 0 Å². The number of ether oxygens (including phenoxy) is 1. The lowest BCUT2D eigenvalue weighted by molar-refractivity contribution is -0.121. The second kappa shape index (κ2) is 4.78. The van der Waals surface area contributed by atoms with Crippen molar-refractivity contribution < 1.29 is 14.3 Å². The average Bonchev–Trinajstić information content (AvgIpc) is 2.48. The second-order valence-corrected chi connectivity index (χ2v) is 5.75. The maximum Gasteiger partial charge on any atom is 0.415 e. The first-order valence-corrected chi connectivity index (χ1v) is 6.80. The van der Waals surface area contributed by atoms with E-state index in [1.54, 1.807) is 17.0 Å². The molecule has 4 rings (SSSR count). The largest absolute Gasteiger partial charge is 0.415 e. The Kier molecular flexibility index (Phi) is 3.08. The van der Waals surface area contributed by atoms with Crippen molar-refractivity contribution >= 4 is 12.4 Å². The number of carbonyl (C=O) groups is 2. The SMILES string of the molecule is C[C@@]1(C=O)CC2C=CC1N(C(=O)Oc1ccccc1)C2. The van der Waals surface area contributed by atoms with E-state index in [0.717, 1.165) is 12.7 Å². The molecule has 3 atom stereocenters. The van der Waals surface area contributed by atoms with Gasteiger partial charge >= 0.3 is 6.09 Å². The Balaban J connectivity index is 1.79. The number of amides is 1. The monoisotopic (exact) mass is 271 g/mol. The van der Waals surface area contributed by atoms with Crippen molar-refractivity contribution in [2.24, 2.45) is 11.3 Å². The summed E-state index contributed by atoms with van der Waals surface area (Å²) in [5.74, 6) is 0.759. The third-order valence-corrected chi connectivity index (χ3v) is 4.16. The fourth-order valence-electron chi connectivity index (χ4n) is 3.14. The topological polar surface area (TPSA) is 46.6 Å². The molecule has 0 aromatic heterocycles. The smallest absolute Gasteiger partial charge is 0.410 e. The molecule has 1 aromatic rings. The highest BCUT2D eigenvalue weighted by Crippen LogP contribution is 2.42. The zero-order valence-electron chi connectivity index (χ0n) is 11.4. The lowest BCUT2D eigenvalue weighted by atomic mass is 9.68. The number of para-hydroxylation sites is 1. The quantitative estimate of drug-likeness (QED) is 0.613. The number of carbonyl (C=O) groups excluding carboxylic acids is 2. The summed E-state index contributed by atoms with van der Waals surface area (Å²) in [5.41, 5.74) is -0.507. The van der Waals surface area contributed by atoms with Gasteiger partial charge in [-0.05, 0) is 24.5 Å². The van der Waals surface area contributed by atoms with E-state index in [1.807, 2.05) is 31.2 Å². The normalized spacial score (nSPS) is 31.1. The first-order chi connectivity index (χ1) is 9.62. The first kappa shape index (κ1) is 12.9. The maximum atomic E-state index is 12.3. The lowest BCUT2D eigenvalue weighted by Gasteiger charge is -2.49. The Morgan fingerprint density at radius 1 is 1.35 bits per heavy atom. The van der Waals surface area contributed by atoms with Crippen molar-refractivity contribution in [3.8, 4) is 5.75 Å². The second-order valence-electron chi connectivity index (χ2n) is 5.75. The fraction of sp³-hybridized carbons (Fsp3) is 0.375. The minimum absolute atomic E-state index is 0.207. The van der Waals surface area contributed by atoms with Crippen molar-refractivity contribution in [2.45, 2.75) is 19.4 Å². The fourth-order valence-corrected chi connectivity index (χ4v) is 3.14. The van der Waals surface area contributed by atoms with Gasteiger partial charge in [-0.2, -0.15) is 0 Å². The van der Waals surface area contributed by atoms with Crippen LogP contribution in [0.2, 0.25) is 0 Å². The minimum atomic E-state index is -0.507. The number of rotatable bonds is 2. The molecule has 3 aliphatic rings. The molecule has 4 nitrogen and oxygen atoms in total. The number of aldehydes is 1. The summed E-state index contributed by atoms with van der Waals surface area (Å²) in [5, 5.41) is 0. The Morgan fingerprint density at radius 2 is 2.10 bits per heavy atom. The van der Waals surface area contributed by atoms with E-state index in [2.05, 4.69) is 6.08 Å². The summed E-state index contributed by atoms with van der Waals surface area (Å²) in [6.07, 6.45) is 5.44.